The fourth-order valence-corrected chi connectivity index (χ4v) is 2.66. The van der Waals surface area contributed by atoms with E-state index in [1.807, 2.05) is 35.9 Å². The summed E-state index contributed by atoms with van der Waals surface area (Å²) in [6.07, 6.45) is 5.20. The molecule has 6 heteroatoms. The van der Waals surface area contributed by atoms with Gasteiger partial charge in [0.2, 0.25) is 0 Å². The maximum atomic E-state index is 13.9. The van der Waals surface area contributed by atoms with Crippen molar-refractivity contribution in [3.8, 4) is 0 Å². The topological polar surface area (TPSA) is 52.2 Å². The van der Waals surface area contributed by atoms with Gasteiger partial charge in [-0.3, -0.25) is 9.36 Å². The van der Waals surface area contributed by atoms with Crippen molar-refractivity contribution < 1.29 is 4.39 Å². The van der Waals surface area contributed by atoms with Gasteiger partial charge in [-0.1, -0.05) is 6.07 Å². The molecule has 0 amide bonds. The largest absolute Gasteiger partial charge is 0.307 e. The van der Waals surface area contributed by atoms with E-state index in [0.29, 0.717) is 5.52 Å². The van der Waals surface area contributed by atoms with Crippen LogP contribution in [0.15, 0.2) is 53.8 Å². The van der Waals surface area contributed by atoms with Crippen LogP contribution in [0.25, 0.3) is 16.6 Å². The Labute approximate surface area is 130 Å². The fraction of sp³-hybridized carbons (Fsp3) is 0.118. The number of hydrogen-bond acceptors (Lipinski definition) is 3. The van der Waals surface area contributed by atoms with Crippen molar-refractivity contribution in [1.82, 2.24) is 18.9 Å². The summed E-state index contributed by atoms with van der Waals surface area (Å²) >= 11 is 0. The van der Waals surface area contributed by atoms with Gasteiger partial charge in [-0.25, -0.2) is 14.4 Å². The molecule has 114 valence electrons. The molecule has 0 saturated carbocycles. The third kappa shape index (κ3) is 2.28. The number of nitrogens with zero attached hydrogens (tertiary/aromatic N) is 4. The Kier molecular flexibility index (Phi) is 2.97. The minimum Gasteiger partial charge on any atom is -0.307 e. The lowest BCUT2D eigenvalue weighted by Crippen LogP contribution is -2.22. The average Bonchev–Trinajstić information content (AvgIpc) is 2.91. The first-order valence-electron chi connectivity index (χ1n) is 7.20. The summed E-state index contributed by atoms with van der Waals surface area (Å²) in [7, 11) is 0. The van der Waals surface area contributed by atoms with Gasteiger partial charge in [-0.15, -0.1) is 0 Å². The maximum Gasteiger partial charge on any atom is 0.264 e. The molecule has 0 N–H and O–H groups in total. The summed E-state index contributed by atoms with van der Waals surface area (Å²) in [5.74, 6) is -0.556. The Morgan fingerprint density at radius 3 is 3.00 bits per heavy atom. The lowest BCUT2D eigenvalue weighted by Gasteiger charge is -2.05. The molecule has 0 spiro atoms. The molecule has 0 aliphatic heterocycles. The zero-order valence-corrected chi connectivity index (χ0v) is 12.4. The molecule has 5 nitrogen and oxygen atoms in total. The van der Waals surface area contributed by atoms with E-state index in [1.165, 1.54) is 17.0 Å². The number of fused-ring (bicyclic) bond motifs is 2. The predicted molar refractivity (Wildman–Crippen MR) is 85.0 cm³/mol. The smallest absolute Gasteiger partial charge is 0.264 e. The molecule has 0 fully saturated rings. The van der Waals surface area contributed by atoms with Crippen LogP contribution in [0.1, 0.15) is 11.3 Å². The monoisotopic (exact) mass is 308 g/mol. The highest BCUT2D eigenvalue weighted by Gasteiger charge is 2.10. The van der Waals surface area contributed by atoms with Gasteiger partial charge >= 0.3 is 0 Å². The highest BCUT2D eigenvalue weighted by molar-refractivity contribution is 5.77. The highest BCUT2D eigenvalue weighted by Crippen LogP contribution is 2.12. The van der Waals surface area contributed by atoms with Crippen molar-refractivity contribution in [2.75, 3.05) is 0 Å². The van der Waals surface area contributed by atoms with Gasteiger partial charge in [0.15, 0.2) is 0 Å². The minimum atomic E-state index is -0.556. The predicted octanol–water partition coefficient (Wildman–Crippen LogP) is 2.54. The van der Waals surface area contributed by atoms with Crippen LogP contribution in [0, 0.1) is 12.7 Å². The second kappa shape index (κ2) is 5.01. The van der Waals surface area contributed by atoms with Gasteiger partial charge in [0.05, 0.1) is 24.1 Å². The van der Waals surface area contributed by atoms with Crippen LogP contribution in [0.2, 0.25) is 0 Å². The van der Waals surface area contributed by atoms with Gasteiger partial charge in [0.1, 0.15) is 16.9 Å². The summed E-state index contributed by atoms with van der Waals surface area (Å²) in [6.45, 7) is 2.24. The maximum absolute atomic E-state index is 13.9. The summed E-state index contributed by atoms with van der Waals surface area (Å²) in [6, 6.07) is 8.38. The second-order valence-electron chi connectivity index (χ2n) is 5.51. The van der Waals surface area contributed by atoms with Crippen molar-refractivity contribution in [2.24, 2.45) is 0 Å². The van der Waals surface area contributed by atoms with Crippen molar-refractivity contribution in [3.05, 3.63) is 76.5 Å². The van der Waals surface area contributed by atoms with Gasteiger partial charge in [-0.05, 0) is 36.8 Å². The van der Waals surface area contributed by atoms with E-state index in [4.69, 9.17) is 0 Å². The molecule has 0 saturated heterocycles. The van der Waals surface area contributed by atoms with Crippen molar-refractivity contribution in [3.63, 3.8) is 0 Å². The van der Waals surface area contributed by atoms with Crippen molar-refractivity contribution in [1.29, 1.82) is 0 Å². The zero-order valence-electron chi connectivity index (χ0n) is 12.4. The summed E-state index contributed by atoms with van der Waals surface area (Å²) in [5, 5.41) is 0.00890. The van der Waals surface area contributed by atoms with Crippen LogP contribution in [-0.2, 0) is 6.54 Å². The first kappa shape index (κ1) is 13.6. The van der Waals surface area contributed by atoms with Crippen LogP contribution in [0.3, 0.4) is 0 Å². The van der Waals surface area contributed by atoms with Crippen LogP contribution in [0.4, 0.5) is 4.39 Å². The molecule has 1 aromatic carbocycles. The second-order valence-corrected chi connectivity index (χ2v) is 5.51. The molecule has 0 aliphatic carbocycles. The van der Waals surface area contributed by atoms with E-state index in [1.54, 1.807) is 12.1 Å². The Bertz CT molecular complexity index is 1100. The molecule has 4 aromatic rings. The van der Waals surface area contributed by atoms with Gasteiger partial charge in [-0.2, -0.15) is 0 Å². The number of rotatable bonds is 2. The Morgan fingerprint density at radius 2 is 2.13 bits per heavy atom. The van der Waals surface area contributed by atoms with E-state index in [9.17, 15) is 9.18 Å². The van der Waals surface area contributed by atoms with Crippen LogP contribution < -0.4 is 5.56 Å². The lowest BCUT2D eigenvalue weighted by atomic mass is 10.2. The standard InChI is InChI=1S/C17H13FN4O/c1-11-5-6-21-8-12(20-15(21)7-11)9-22-10-19-14-4-2-3-13(18)16(14)17(22)23/h2-8,10H,9H2,1H3. The molecule has 0 radical (unpaired) electrons. The lowest BCUT2D eigenvalue weighted by molar-refractivity contribution is 0.633. The molecule has 23 heavy (non-hydrogen) atoms. The number of hydrogen-bond donors (Lipinski definition) is 0. The molecule has 0 bridgehead atoms. The quantitative estimate of drug-likeness (QED) is 0.572. The molecule has 3 heterocycles. The molecule has 4 rings (SSSR count). The normalized spacial score (nSPS) is 11.4. The van der Waals surface area contributed by atoms with Crippen LogP contribution in [0.5, 0.6) is 0 Å². The summed E-state index contributed by atoms with van der Waals surface area (Å²) in [5.41, 5.74) is 2.60. The molecule has 0 aliphatic rings. The molecular weight excluding hydrogens is 295 g/mol. The number of halogens is 1. The van der Waals surface area contributed by atoms with E-state index in [2.05, 4.69) is 9.97 Å². The average molecular weight is 308 g/mol. The molecule has 3 aromatic heterocycles. The van der Waals surface area contributed by atoms with Gasteiger partial charge < -0.3 is 4.40 Å². The van der Waals surface area contributed by atoms with Crippen molar-refractivity contribution in [2.45, 2.75) is 13.5 Å². The van der Waals surface area contributed by atoms with E-state index >= 15 is 0 Å². The Balaban J connectivity index is 1.81. The number of imidazole rings is 1. The third-order valence-electron chi connectivity index (χ3n) is 3.80. The Morgan fingerprint density at radius 1 is 1.26 bits per heavy atom. The molecule has 0 unspecified atom stereocenters. The van der Waals surface area contributed by atoms with Gasteiger partial charge in [0, 0.05) is 12.4 Å². The summed E-state index contributed by atoms with van der Waals surface area (Å²) < 4.78 is 17.2. The first-order valence-corrected chi connectivity index (χ1v) is 7.20. The number of pyridine rings is 1. The zero-order chi connectivity index (χ0) is 16.0. The summed E-state index contributed by atoms with van der Waals surface area (Å²) in [4.78, 5) is 21.1. The van der Waals surface area contributed by atoms with Crippen molar-refractivity contribution >= 4 is 16.6 Å². The van der Waals surface area contributed by atoms with E-state index < -0.39 is 11.4 Å². The third-order valence-corrected chi connectivity index (χ3v) is 3.80. The van der Waals surface area contributed by atoms with Crippen LogP contribution in [-0.4, -0.2) is 18.9 Å². The fourth-order valence-electron chi connectivity index (χ4n) is 2.66. The van der Waals surface area contributed by atoms with Crippen LogP contribution >= 0.6 is 0 Å². The Hall–Kier alpha value is -3.02. The van der Waals surface area contributed by atoms with Gasteiger partial charge in [0.25, 0.3) is 5.56 Å². The minimum absolute atomic E-state index is 0.00890. The first-order chi connectivity index (χ1) is 11.1. The van der Waals surface area contributed by atoms with E-state index in [0.717, 1.165) is 16.9 Å². The molecular formula is C17H13FN4O. The SMILES string of the molecule is Cc1ccn2cc(Cn3cnc4cccc(F)c4c3=O)nc2c1. The number of aryl methyl sites for hydroxylation is 1. The molecule has 0 atom stereocenters. The number of aromatic nitrogens is 4. The van der Waals surface area contributed by atoms with E-state index in [-0.39, 0.29) is 11.9 Å². The highest BCUT2D eigenvalue weighted by atomic mass is 19.1. The number of benzene rings is 1.